The van der Waals surface area contributed by atoms with Crippen molar-refractivity contribution in [2.75, 3.05) is 30.9 Å². The van der Waals surface area contributed by atoms with Crippen LogP contribution in [0.5, 0.6) is 0 Å². The molecule has 0 aliphatic heterocycles. The first-order valence-electron chi connectivity index (χ1n) is 8.52. The minimum atomic E-state index is -4.05. The Hall–Kier alpha value is -3.25. The number of aromatic nitrogens is 1. The van der Waals surface area contributed by atoms with Crippen LogP contribution in [0.3, 0.4) is 0 Å². The number of carbonyl (C=O) groups is 1. The van der Waals surface area contributed by atoms with Crippen molar-refractivity contribution < 1.29 is 18.1 Å². The van der Waals surface area contributed by atoms with E-state index in [9.17, 15) is 23.3 Å². The number of pyridine rings is 1. The van der Waals surface area contributed by atoms with Crippen LogP contribution in [-0.4, -0.2) is 44.9 Å². The highest BCUT2D eigenvalue weighted by molar-refractivity contribution is 7.89. The Labute approximate surface area is 168 Å². The molecule has 1 amide bonds. The van der Waals surface area contributed by atoms with Gasteiger partial charge in [0, 0.05) is 45.9 Å². The van der Waals surface area contributed by atoms with Gasteiger partial charge in [0.2, 0.25) is 15.9 Å². The maximum absolute atomic E-state index is 12.0. The molecule has 29 heavy (non-hydrogen) atoms. The maximum Gasteiger partial charge on any atom is 0.293 e. The topological polar surface area (TPSA) is 161 Å². The van der Waals surface area contributed by atoms with E-state index in [4.69, 9.17) is 5.14 Å². The molecule has 12 heteroatoms. The third kappa shape index (κ3) is 6.40. The second-order valence-corrected chi connectivity index (χ2v) is 7.92. The molecule has 0 saturated carbocycles. The largest absolute Gasteiger partial charge is 0.379 e. The number of sulfonamides is 1. The van der Waals surface area contributed by atoms with Gasteiger partial charge in [0.05, 0.1) is 9.82 Å². The van der Waals surface area contributed by atoms with Gasteiger partial charge in [-0.25, -0.2) is 18.5 Å². The van der Waals surface area contributed by atoms with Crippen LogP contribution in [0.1, 0.15) is 12.0 Å². The van der Waals surface area contributed by atoms with Gasteiger partial charge in [-0.15, -0.1) is 0 Å². The maximum atomic E-state index is 12.0. The summed E-state index contributed by atoms with van der Waals surface area (Å²) >= 11 is 0. The van der Waals surface area contributed by atoms with Crippen molar-refractivity contribution in [2.24, 2.45) is 5.14 Å². The quantitative estimate of drug-likeness (QED) is 0.395. The second kappa shape index (κ2) is 9.30. The number of nitrogens with zero attached hydrogens (tertiary/aromatic N) is 3. The van der Waals surface area contributed by atoms with Crippen LogP contribution in [-0.2, 0) is 21.4 Å². The van der Waals surface area contributed by atoms with Crippen LogP contribution < -0.4 is 20.7 Å². The van der Waals surface area contributed by atoms with Gasteiger partial charge in [0.25, 0.3) is 5.69 Å². The van der Waals surface area contributed by atoms with Crippen molar-refractivity contribution in [3.63, 3.8) is 0 Å². The Bertz CT molecular complexity index is 992. The number of hydrogen-bond acceptors (Lipinski definition) is 8. The third-order valence-corrected chi connectivity index (χ3v) is 4.83. The van der Waals surface area contributed by atoms with Crippen molar-refractivity contribution in [1.29, 1.82) is 0 Å². The molecule has 0 saturated heterocycles. The first kappa shape index (κ1) is 22.0. The zero-order valence-corrected chi connectivity index (χ0v) is 16.8. The Morgan fingerprint density at radius 2 is 2.00 bits per heavy atom. The van der Waals surface area contributed by atoms with Gasteiger partial charge in [-0.1, -0.05) is 6.07 Å². The van der Waals surface area contributed by atoms with Crippen LogP contribution in [0.2, 0.25) is 0 Å². The Morgan fingerprint density at radius 1 is 1.28 bits per heavy atom. The smallest absolute Gasteiger partial charge is 0.293 e. The standard InChI is InChI=1S/C17H22N6O5S/c1-22(2)16-6-3-12(10-20-16)11-21-17(24)7-8-19-14-5-4-13(29(18,27)28)9-15(14)23(25)26/h3-6,9-10,19H,7-8,11H2,1-2H3,(H,21,24)(H2,18,27,28). The van der Waals surface area contributed by atoms with Crippen molar-refractivity contribution in [3.8, 4) is 0 Å². The summed E-state index contributed by atoms with van der Waals surface area (Å²) < 4.78 is 22.7. The normalized spacial score (nSPS) is 11.0. The summed E-state index contributed by atoms with van der Waals surface area (Å²) in [6.07, 6.45) is 1.74. The minimum absolute atomic E-state index is 0.0668. The summed E-state index contributed by atoms with van der Waals surface area (Å²) in [6.45, 7) is 0.432. The Kier molecular flexibility index (Phi) is 7.07. The molecule has 0 radical (unpaired) electrons. The van der Waals surface area contributed by atoms with E-state index in [0.717, 1.165) is 23.5 Å². The van der Waals surface area contributed by atoms with E-state index in [1.165, 1.54) is 6.07 Å². The summed E-state index contributed by atoms with van der Waals surface area (Å²) in [4.78, 5) is 28.2. The molecule has 4 N–H and O–H groups in total. The highest BCUT2D eigenvalue weighted by atomic mass is 32.2. The molecule has 0 atom stereocenters. The summed E-state index contributed by atoms with van der Waals surface area (Å²) in [5.41, 5.74) is 0.494. The zero-order valence-electron chi connectivity index (χ0n) is 16.0. The third-order valence-electron chi connectivity index (χ3n) is 3.92. The average Bonchev–Trinajstić information content (AvgIpc) is 2.65. The predicted molar refractivity (Wildman–Crippen MR) is 108 cm³/mol. The molecular formula is C17H22N6O5S. The molecule has 0 spiro atoms. The molecule has 0 aliphatic carbocycles. The lowest BCUT2D eigenvalue weighted by atomic mass is 10.2. The van der Waals surface area contributed by atoms with Crippen molar-refractivity contribution >= 4 is 33.1 Å². The second-order valence-electron chi connectivity index (χ2n) is 6.35. The van der Waals surface area contributed by atoms with Crippen molar-refractivity contribution in [3.05, 3.63) is 52.2 Å². The number of hydrogen-bond donors (Lipinski definition) is 3. The number of nitro benzene ring substituents is 1. The molecule has 1 heterocycles. The Balaban J connectivity index is 1.89. The first-order valence-corrected chi connectivity index (χ1v) is 10.1. The summed E-state index contributed by atoms with van der Waals surface area (Å²) in [5, 5.41) is 21.7. The highest BCUT2D eigenvalue weighted by Gasteiger charge is 2.19. The molecule has 1 aromatic heterocycles. The molecule has 0 fully saturated rings. The lowest BCUT2D eigenvalue weighted by molar-refractivity contribution is -0.384. The molecule has 0 bridgehead atoms. The summed E-state index contributed by atoms with van der Waals surface area (Å²) in [5.74, 6) is 0.553. The van der Waals surface area contributed by atoms with Crippen LogP contribution in [0.4, 0.5) is 17.2 Å². The first-order chi connectivity index (χ1) is 13.6. The lowest BCUT2D eigenvalue weighted by Crippen LogP contribution is -2.25. The van der Waals surface area contributed by atoms with Crippen LogP contribution in [0, 0.1) is 10.1 Å². The number of nitrogens with one attached hydrogen (secondary N) is 2. The van der Waals surface area contributed by atoms with E-state index in [2.05, 4.69) is 15.6 Å². The SMILES string of the molecule is CN(C)c1ccc(CNC(=O)CCNc2ccc(S(N)(=O)=O)cc2[N+](=O)[O-])cn1. The average molecular weight is 422 g/mol. The number of nitro groups is 1. The van der Waals surface area contributed by atoms with Crippen LogP contribution in [0.25, 0.3) is 0 Å². The summed E-state index contributed by atoms with van der Waals surface area (Å²) in [7, 11) is -0.298. The van der Waals surface area contributed by atoms with E-state index < -0.39 is 20.6 Å². The van der Waals surface area contributed by atoms with Crippen LogP contribution in [0.15, 0.2) is 41.4 Å². The predicted octanol–water partition coefficient (Wildman–Crippen LogP) is 0.822. The fourth-order valence-electron chi connectivity index (χ4n) is 2.37. The van der Waals surface area contributed by atoms with E-state index in [-0.39, 0.29) is 29.5 Å². The van der Waals surface area contributed by atoms with E-state index >= 15 is 0 Å². The number of nitrogens with two attached hydrogens (primary N) is 1. The van der Waals surface area contributed by atoms with Gasteiger partial charge in [-0.3, -0.25) is 14.9 Å². The molecule has 2 rings (SSSR count). The summed E-state index contributed by atoms with van der Waals surface area (Å²) in [6, 6.07) is 6.98. The van der Waals surface area contributed by atoms with E-state index in [0.29, 0.717) is 6.54 Å². The zero-order chi connectivity index (χ0) is 21.6. The van der Waals surface area contributed by atoms with E-state index in [1.54, 1.807) is 6.20 Å². The molecule has 156 valence electrons. The van der Waals surface area contributed by atoms with Gasteiger partial charge in [0.1, 0.15) is 11.5 Å². The molecule has 2 aromatic rings. The number of amides is 1. The lowest BCUT2D eigenvalue weighted by Gasteiger charge is -2.12. The van der Waals surface area contributed by atoms with E-state index in [1.807, 2.05) is 31.1 Å². The van der Waals surface area contributed by atoms with Crippen molar-refractivity contribution in [2.45, 2.75) is 17.9 Å². The highest BCUT2D eigenvalue weighted by Crippen LogP contribution is 2.27. The van der Waals surface area contributed by atoms with Gasteiger partial charge in [0.15, 0.2) is 0 Å². The number of primary sulfonamides is 1. The minimum Gasteiger partial charge on any atom is -0.379 e. The number of carbonyl (C=O) groups excluding carboxylic acids is 1. The monoisotopic (exact) mass is 422 g/mol. The van der Waals surface area contributed by atoms with Gasteiger partial charge < -0.3 is 15.5 Å². The Morgan fingerprint density at radius 3 is 2.55 bits per heavy atom. The number of rotatable bonds is 9. The molecular weight excluding hydrogens is 400 g/mol. The molecule has 0 unspecified atom stereocenters. The fraction of sp³-hybridized carbons (Fsp3) is 0.294. The van der Waals surface area contributed by atoms with Crippen LogP contribution >= 0.6 is 0 Å². The van der Waals surface area contributed by atoms with Gasteiger partial charge in [-0.2, -0.15) is 0 Å². The van der Waals surface area contributed by atoms with Gasteiger partial charge in [-0.05, 0) is 23.8 Å². The number of anilines is 2. The fourth-order valence-corrected chi connectivity index (χ4v) is 2.91. The van der Waals surface area contributed by atoms with Crippen molar-refractivity contribution in [1.82, 2.24) is 10.3 Å². The molecule has 0 aliphatic rings. The number of benzene rings is 1. The molecule has 11 nitrogen and oxygen atoms in total. The molecule has 1 aromatic carbocycles. The van der Waals surface area contributed by atoms with Gasteiger partial charge >= 0.3 is 0 Å².